The lowest BCUT2D eigenvalue weighted by molar-refractivity contribution is -0.135. The number of carbonyl (C=O) groups excluding carboxylic acids is 2. The van der Waals surface area contributed by atoms with Crippen LogP contribution < -0.4 is 10.1 Å². The Morgan fingerprint density at radius 2 is 1.92 bits per heavy atom. The molecule has 3 aliphatic rings. The largest absolute Gasteiger partial charge is 0.481 e. The third-order valence-electron chi connectivity index (χ3n) is 7.24. The molecule has 1 fully saturated rings. The first-order valence-electron chi connectivity index (χ1n) is 12.8. The van der Waals surface area contributed by atoms with Crippen molar-refractivity contribution in [2.45, 2.75) is 57.2 Å². The van der Waals surface area contributed by atoms with E-state index >= 15 is 4.39 Å². The molecule has 3 aromatic rings. The summed E-state index contributed by atoms with van der Waals surface area (Å²) in [6.07, 6.45) is 5.42. The van der Waals surface area contributed by atoms with Gasteiger partial charge in [0.25, 0.3) is 11.8 Å². The highest BCUT2D eigenvalue weighted by molar-refractivity contribution is 6.31. The SMILES string of the molecule is O=C(NC1CC1)c1ccc(OCC(=O)N2CCc3nc4n(c3C2c2ccc(Cl)cc2F)CCCC4)c(Cl)n1. The van der Waals surface area contributed by atoms with Crippen molar-refractivity contribution in [2.75, 3.05) is 13.2 Å². The lowest BCUT2D eigenvalue weighted by atomic mass is 9.94. The predicted octanol–water partition coefficient (Wildman–Crippen LogP) is 4.51. The molecule has 0 saturated heterocycles. The molecule has 2 amide bonds. The van der Waals surface area contributed by atoms with E-state index in [9.17, 15) is 9.59 Å². The van der Waals surface area contributed by atoms with Crippen molar-refractivity contribution in [1.82, 2.24) is 24.8 Å². The van der Waals surface area contributed by atoms with E-state index in [1.807, 2.05) is 0 Å². The van der Waals surface area contributed by atoms with Gasteiger partial charge in [0.15, 0.2) is 17.5 Å². The highest BCUT2D eigenvalue weighted by atomic mass is 35.5. The molecule has 2 aromatic heterocycles. The van der Waals surface area contributed by atoms with Crippen LogP contribution in [0.3, 0.4) is 0 Å². The van der Waals surface area contributed by atoms with Crippen molar-refractivity contribution in [2.24, 2.45) is 0 Å². The number of carbonyl (C=O) groups is 2. The molecule has 1 aromatic carbocycles. The number of pyridine rings is 1. The van der Waals surface area contributed by atoms with E-state index in [-0.39, 0.29) is 46.1 Å². The molecule has 11 heteroatoms. The fraction of sp³-hybridized carbons (Fsp3) is 0.407. The van der Waals surface area contributed by atoms with Crippen molar-refractivity contribution in [3.63, 3.8) is 0 Å². The lowest BCUT2D eigenvalue weighted by Gasteiger charge is -2.37. The first-order valence-corrected chi connectivity index (χ1v) is 13.6. The van der Waals surface area contributed by atoms with Gasteiger partial charge in [-0.05, 0) is 49.9 Å². The number of hydrogen-bond acceptors (Lipinski definition) is 5. The second kappa shape index (κ2) is 10.2. The molecule has 2 aliphatic heterocycles. The van der Waals surface area contributed by atoms with Gasteiger partial charge < -0.3 is 19.5 Å². The Morgan fingerprint density at radius 3 is 2.68 bits per heavy atom. The Kier molecular flexibility index (Phi) is 6.74. The summed E-state index contributed by atoms with van der Waals surface area (Å²) in [5.41, 5.74) is 2.31. The van der Waals surface area contributed by atoms with E-state index in [0.29, 0.717) is 18.5 Å². The van der Waals surface area contributed by atoms with Crippen LogP contribution in [0.15, 0.2) is 30.3 Å². The fourth-order valence-corrected chi connectivity index (χ4v) is 5.59. The number of nitrogens with zero attached hydrogens (tertiary/aromatic N) is 4. The number of halogens is 3. The highest BCUT2D eigenvalue weighted by Gasteiger charge is 2.38. The number of ether oxygens (including phenoxy) is 1. The Morgan fingerprint density at radius 1 is 1.08 bits per heavy atom. The molecule has 0 radical (unpaired) electrons. The summed E-state index contributed by atoms with van der Waals surface area (Å²) in [4.78, 5) is 36.4. The van der Waals surface area contributed by atoms with E-state index in [1.165, 1.54) is 18.2 Å². The second-order valence-electron chi connectivity index (χ2n) is 9.90. The number of nitrogens with one attached hydrogen (secondary N) is 1. The molecule has 1 unspecified atom stereocenters. The second-order valence-corrected chi connectivity index (χ2v) is 10.7. The minimum atomic E-state index is -0.659. The first kappa shape index (κ1) is 25.1. The van der Waals surface area contributed by atoms with Gasteiger partial charge in [-0.1, -0.05) is 29.3 Å². The van der Waals surface area contributed by atoms with Gasteiger partial charge >= 0.3 is 0 Å². The third-order valence-corrected chi connectivity index (χ3v) is 7.75. The summed E-state index contributed by atoms with van der Waals surface area (Å²) >= 11 is 12.3. The maximum absolute atomic E-state index is 15.3. The minimum absolute atomic E-state index is 0.00710. The minimum Gasteiger partial charge on any atom is -0.481 e. The number of hydrogen-bond donors (Lipinski definition) is 1. The number of imidazole rings is 1. The zero-order valence-electron chi connectivity index (χ0n) is 20.6. The summed E-state index contributed by atoms with van der Waals surface area (Å²) in [5, 5.41) is 3.14. The average molecular weight is 558 g/mol. The van der Waals surface area contributed by atoms with Crippen molar-refractivity contribution in [1.29, 1.82) is 0 Å². The summed E-state index contributed by atoms with van der Waals surface area (Å²) in [6, 6.07) is 7.11. The molecule has 6 rings (SSSR count). The number of aromatic nitrogens is 3. The summed E-state index contributed by atoms with van der Waals surface area (Å²) in [7, 11) is 0. The first-order chi connectivity index (χ1) is 18.4. The summed E-state index contributed by atoms with van der Waals surface area (Å²) in [6.45, 7) is 0.825. The maximum Gasteiger partial charge on any atom is 0.270 e. The molecule has 198 valence electrons. The van der Waals surface area contributed by atoms with Crippen molar-refractivity contribution in [3.05, 3.63) is 74.8 Å². The molecule has 8 nitrogen and oxygen atoms in total. The van der Waals surface area contributed by atoms with Crippen LogP contribution in [0, 0.1) is 5.82 Å². The molecule has 1 saturated carbocycles. The van der Waals surface area contributed by atoms with Gasteiger partial charge in [0.05, 0.1) is 11.4 Å². The third kappa shape index (κ3) is 4.85. The van der Waals surface area contributed by atoms with Gasteiger partial charge in [0, 0.05) is 42.6 Å². The van der Waals surface area contributed by atoms with Gasteiger partial charge in [-0.3, -0.25) is 9.59 Å². The van der Waals surface area contributed by atoms with Crippen LogP contribution >= 0.6 is 23.2 Å². The Labute approximate surface area is 229 Å². The number of fused-ring (bicyclic) bond motifs is 3. The van der Waals surface area contributed by atoms with E-state index in [2.05, 4.69) is 14.9 Å². The molecule has 1 atom stereocenters. The van der Waals surface area contributed by atoms with Gasteiger partial charge in [0.1, 0.15) is 23.4 Å². The topological polar surface area (TPSA) is 89.4 Å². The number of rotatable bonds is 6. The lowest BCUT2D eigenvalue weighted by Crippen LogP contribution is -2.44. The van der Waals surface area contributed by atoms with Crippen LogP contribution in [0.25, 0.3) is 0 Å². The number of amides is 2. The number of benzene rings is 1. The Bertz CT molecular complexity index is 1420. The normalized spacial score (nSPS) is 18.5. The van der Waals surface area contributed by atoms with Crippen LogP contribution in [-0.2, 0) is 24.2 Å². The van der Waals surface area contributed by atoms with Gasteiger partial charge in [0.2, 0.25) is 0 Å². The van der Waals surface area contributed by atoms with Crippen LogP contribution in [0.2, 0.25) is 10.2 Å². The van der Waals surface area contributed by atoms with Crippen molar-refractivity contribution in [3.8, 4) is 5.75 Å². The number of aryl methyl sites for hydroxylation is 1. The van der Waals surface area contributed by atoms with E-state index in [4.69, 9.17) is 32.9 Å². The molecule has 1 N–H and O–H groups in total. The van der Waals surface area contributed by atoms with E-state index < -0.39 is 11.9 Å². The monoisotopic (exact) mass is 557 g/mol. The predicted molar refractivity (Wildman–Crippen MR) is 139 cm³/mol. The van der Waals surface area contributed by atoms with Crippen LogP contribution in [-0.4, -0.2) is 50.4 Å². The summed E-state index contributed by atoms with van der Waals surface area (Å²) < 4.78 is 23.1. The van der Waals surface area contributed by atoms with Gasteiger partial charge in [-0.2, -0.15) is 0 Å². The van der Waals surface area contributed by atoms with E-state index in [0.717, 1.165) is 55.9 Å². The Balaban J connectivity index is 1.25. The van der Waals surface area contributed by atoms with Crippen LogP contribution in [0.1, 0.15) is 65.0 Å². The van der Waals surface area contributed by atoms with Gasteiger partial charge in [-0.15, -0.1) is 0 Å². The quantitative estimate of drug-likeness (QED) is 0.450. The van der Waals surface area contributed by atoms with E-state index in [1.54, 1.807) is 17.0 Å². The summed E-state index contributed by atoms with van der Waals surface area (Å²) in [5.74, 6) is 0.0744. The molecule has 0 spiro atoms. The van der Waals surface area contributed by atoms with Crippen molar-refractivity contribution < 1.29 is 18.7 Å². The zero-order chi connectivity index (χ0) is 26.4. The van der Waals surface area contributed by atoms with Gasteiger partial charge in [-0.25, -0.2) is 14.4 Å². The standard InChI is InChI=1S/C27H26Cl2FN5O3/c28-15-4-7-17(18(30)13-15)24-25-19(32-22-3-1-2-11-34(22)25)10-12-35(24)23(36)14-38-21-9-8-20(33-26(21)29)27(37)31-16-5-6-16/h4,7-9,13,16,24H,1-3,5-6,10-12,14H2,(H,31,37). The Hall–Kier alpha value is -3.17. The zero-order valence-corrected chi connectivity index (χ0v) is 22.1. The maximum atomic E-state index is 15.3. The molecule has 1 aliphatic carbocycles. The smallest absolute Gasteiger partial charge is 0.270 e. The molecular weight excluding hydrogens is 532 g/mol. The molecular formula is C27H26Cl2FN5O3. The van der Waals surface area contributed by atoms with Crippen LogP contribution in [0.4, 0.5) is 4.39 Å². The molecule has 38 heavy (non-hydrogen) atoms. The highest BCUT2D eigenvalue weighted by Crippen LogP contribution is 2.39. The molecule has 4 heterocycles. The average Bonchev–Trinajstić information content (AvgIpc) is 3.64. The fourth-order valence-electron chi connectivity index (χ4n) is 5.23. The van der Waals surface area contributed by atoms with Crippen LogP contribution in [0.5, 0.6) is 5.75 Å². The van der Waals surface area contributed by atoms with Crippen molar-refractivity contribution >= 4 is 35.0 Å². The molecule has 0 bridgehead atoms.